The van der Waals surface area contributed by atoms with E-state index in [1.54, 1.807) is 4.90 Å². The zero-order chi connectivity index (χ0) is 20.4. The molecule has 0 spiro atoms. The van der Waals surface area contributed by atoms with Gasteiger partial charge in [-0.3, -0.25) is 9.69 Å². The topological polar surface area (TPSA) is 38.1 Å². The summed E-state index contributed by atoms with van der Waals surface area (Å²) in [6.45, 7) is 2.67. The van der Waals surface area contributed by atoms with Crippen molar-refractivity contribution in [1.29, 1.82) is 0 Å². The maximum absolute atomic E-state index is 12.8. The molecule has 0 radical (unpaired) electrons. The number of carbonyl (C=O) groups is 1. The van der Waals surface area contributed by atoms with Crippen molar-refractivity contribution in [3.05, 3.63) is 76.3 Å². The van der Waals surface area contributed by atoms with Crippen molar-refractivity contribution < 1.29 is 4.79 Å². The smallest absolute Gasteiger partial charge is 0.266 e. The Kier molecular flexibility index (Phi) is 5.85. The van der Waals surface area contributed by atoms with Gasteiger partial charge in [0.1, 0.15) is 4.32 Å². The Hall–Kier alpha value is -2.41. The molecule has 1 amide bonds. The van der Waals surface area contributed by atoms with Crippen LogP contribution in [0.2, 0.25) is 5.02 Å². The van der Waals surface area contributed by atoms with E-state index in [1.807, 2.05) is 78.5 Å². The lowest BCUT2D eigenvalue weighted by molar-refractivity contribution is -0.122. The van der Waals surface area contributed by atoms with Gasteiger partial charge in [-0.05, 0) is 36.8 Å². The Bertz CT molecular complexity index is 1090. The number of thioether (sulfide) groups is 1. The predicted octanol–water partition coefficient (Wildman–Crippen LogP) is 5.80. The van der Waals surface area contributed by atoms with E-state index in [2.05, 4.69) is 0 Å². The van der Waals surface area contributed by atoms with Crippen LogP contribution in [0.4, 0.5) is 0 Å². The summed E-state index contributed by atoms with van der Waals surface area (Å²) >= 11 is 12.8. The molecule has 2 aromatic carbocycles. The summed E-state index contributed by atoms with van der Waals surface area (Å²) in [6.07, 6.45) is 4.68. The molecule has 0 aliphatic carbocycles. The van der Waals surface area contributed by atoms with Gasteiger partial charge in [0.2, 0.25) is 0 Å². The summed E-state index contributed by atoms with van der Waals surface area (Å²) in [5.41, 5.74) is 3.51. The lowest BCUT2D eigenvalue weighted by atomic mass is 10.1. The van der Waals surface area contributed by atoms with Gasteiger partial charge in [0, 0.05) is 28.9 Å². The standard InChI is InChI=1S/C22H18ClN3OS2/c1-2-12-25-21(27)19(29-22(25)28)13-16-14-26(18-6-4-3-5-7-18)24-20(16)15-8-10-17(23)11-9-15/h3-11,13-14H,2,12H2,1H3. The molecule has 4 nitrogen and oxygen atoms in total. The fourth-order valence-corrected chi connectivity index (χ4v) is 4.52. The maximum atomic E-state index is 12.8. The summed E-state index contributed by atoms with van der Waals surface area (Å²) < 4.78 is 2.43. The summed E-state index contributed by atoms with van der Waals surface area (Å²) in [5.74, 6) is -0.0450. The highest BCUT2D eigenvalue weighted by Crippen LogP contribution is 2.35. The third kappa shape index (κ3) is 4.15. The average Bonchev–Trinajstić information content (AvgIpc) is 3.26. The molecule has 1 aliphatic heterocycles. The second-order valence-electron chi connectivity index (χ2n) is 6.55. The average molecular weight is 440 g/mol. The zero-order valence-corrected chi connectivity index (χ0v) is 18.1. The lowest BCUT2D eigenvalue weighted by Gasteiger charge is -2.11. The number of rotatable bonds is 5. The Balaban J connectivity index is 1.79. The molecule has 7 heteroatoms. The van der Waals surface area contributed by atoms with Crippen molar-refractivity contribution in [2.75, 3.05) is 6.54 Å². The molecule has 1 aliphatic rings. The van der Waals surface area contributed by atoms with Crippen LogP contribution in [-0.2, 0) is 4.79 Å². The molecule has 3 aromatic rings. The maximum Gasteiger partial charge on any atom is 0.266 e. The Morgan fingerprint density at radius 2 is 1.86 bits per heavy atom. The highest BCUT2D eigenvalue weighted by Gasteiger charge is 2.31. The van der Waals surface area contributed by atoms with E-state index < -0.39 is 0 Å². The van der Waals surface area contributed by atoms with E-state index in [0.29, 0.717) is 20.8 Å². The highest BCUT2D eigenvalue weighted by atomic mass is 35.5. The van der Waals surface area contributed by atoms with Crippen molar-refractivity contribution in [3.63, 3.8) is 0 Å². The van der Waals surface area contributed by atoms with Gasteiger partial charge in [0.05, 0.1) is 16.3 Å². The van der Waals surface area contributed by atoms with E-state index in [0.717, 1.165) is 28.9 Å². The van der Waals surface area contributed by atoms with Crippen LogP contribution in [-0.4, -0.2) is 31.5 Å². The number of amides is 1. The second-order valence-corrected chi connectivity index (χ2v) is 8.67. The van der Waals surface area contributed by atoms with Gasteiger partial charge >= 0.3 is 0 Å². The van der Waals surface area contributed by atoms with Gasteiger partial charge in [-0.25, -0.2) is 4.68 Å². The molecule has 2 heterocycles. The van der Waals surface area contributed by atoms with Crippen LogP contribution in [0.1, 0.15) is 18.9 Å². The Morgan fingerprint density at radius 3 is 2.55 bits per heavy atom. The largest absolute Gasteiger partial charge is 0.293 e. The number of hydrogen-bond donors (Lipinski definition) is 0. The number of para-hydroxylation sites is 1. The number of thiocarbonyl (C=S) groups is 1. The summed E-state index contributed by atoms with van der Waals surface area (Å²) in [7, 11) is 0. The van der Waals surface area contributed by atoms with Crippen LogP contribution >= 0.6 is 35.6 Å². The van der Waals surface area contributed by atoms with Crippen LogP contribution in [0.15, 0.2) is 65.7 Å². The molecular weight excluding hydrogens is 422 g/mol. The molecule has 0 bridgehead atoms. The molecule has 1 saturated heterocycles. The van der Waals surface area contributed by atoms with Crippen LogP contribution in [0, 0.1) is 0 Å². The lowest BCUT2D eigenvalue weighted by Crippen LogP contribution is -2.28. The van der Waals surface area contributed by atoms with Crippen LogP contribution < -0.4 is 0 Å². The van der Waals surface area contributed by atoms with Gasteiger partial charge in [0.15, 0.2) is 0 Å². The van der Waals surface area contributed by atoms with Crippen molar-refractivity contribution in [3.8, 4) is 16.9 Å². The summed E-state index contributed by atoms with van der Waals surface area (Å²) in [4.78, 5) is 15.1. The first-order valence-corrected chi connectivity index (χ1v) is 10.8. The van der Waals surface area contributed by atoms with Gasteiger partial charge in [-0.2, -0.15) is 5.10 Å². The molecular formula is C22H18ClN3OS2. The van der Waals surface area contributed by atoms with Crippen molar-refractivity contribution in [2.24, 2.45) is 0 Å². The molecule has 0 unspecified atom stereocenters. The minimum atomic E-state index is -0.0450. The minimum absolute atomic E-state index is 0.0450. The number of nitrogens with zero attached hydrogens (tertiary/aromatic N) is 3. The molecule has 1 fully saturated rings. The van der Waals surface area contributed by atoms with Crippen molar-refractivity contribution >= 4 is 51.9 Å². The van der Waals surface area contributed by atoms with Crippen LogP contribution in [0.5, 0.6) is 0 Å². The normalized spacial score (nSPS) is 15.5. The first-order chi connectivity index (χ1) is 14.1. The Labute approximate surface area is 184 Å². The van der Waals surface area contributed by atoms with Crippen molar-refractivity contribution in [2.45, 2.75) is 13.3 Å². The first kappa shape index (κ1) is 19.9. The summed E-state index contributed by atoms with van der Waals surface area (Å²) in [6, 6.07) is 17.4. The van der Waals surface area contributed by atoms with E-state index >= 15 is 0 Å². The van der Waals surface area contributed by atoms with E-state index in [-0.39, 0.29) is 5.91 Å². The molecule has 1 aromatic heterocycles. The SMILES string of the molecule is CCCN1C(=O)C(=Cc2cn(-c3ccccc3)nc2-c2ccc(Cl)cc2)SC1=S. The summed E-state index contributed by atoms with van der Waals surface area (Å²) in [5, 5.41) is 5.45. The van der Waals surface area contributed by atoms with E-state index in [1.165, 1.54) is 11.8 Å². The predicted molar refractivity (Wildman–Crippen MR) is 124 cm³/mol. The third-order valence-electron chi connectivity index (χ3n) is 4.49. The second kappa shape index (κ2) is 8.53. The fraction of sp³-hybridized carbons (Fsp3) is 0.136. The molecule has 29 heavy (non-hydrogen) atoms. The van der Waals surface area contributed by atoms with Gasteiger partial charge in [-0.1, -0.05) is 72.8 Å². The molecule has 0 saturated carbocycles. The van der Waals surface area contributed by atoms with Crippen LogP contribution in [0.25, 0.3) is 23.0 Å². The molecule has 146 valence electrons. The van der Waals surface area contributed by atoms with E-state index in [9.17, 15) is 4.79 Å². The first-order valence-electron chi connectivity index (χ1n) is 9.23. The zero-order valence-electron chi connectivity index (χ0n) is 15.7. The van der Waals surface area contributed by atoms with Gasteiger partial charge in [0.25, 0.3) is 5.91 Å². The third-order valence-corrected chi connectivity index (χ3v) is 6.12. The van der Waals surface area contributed by atoms with Crippen LogP contribution in [0.3, 0.4) is 0 Å². The molecule has 4 rings (SSSR count). The highest BCUT2D eigenvalue weighted by molar-refractivity contribution is 8.26. The number of halogens is 1. The number of aromatic nitrogens is 2. The number of carbonyl (C=O) groups excluding carboxylic acids is 1. The number of hydrogen-bond acceptors (Lipinski definition) is 4. The van der Waals surface area contributed by atoms with Gasteiger partial charge < -0.3 is 0 Å². The quantitative estimate of drug-likeness (QED) is 0.371. The minimum Gasteiger partial charge on any atom is -0.293 e. The van der Waals surface area contributed by atoms with Gasteiger partial charge in [-0.15, -0.1) is 0 Å². The van der Waals surface area contributed by atoms with Crippen molar-refractivity contribution in [1.82, 2.24) is 14.7 Å². The van der Waals surface area contributed by atoms with E-state index in [4.69, 9.17) is 28.9 Å². The molecule has 0 atom stereocenters. The number of benzene rings is 2. The fourth-order valence-electron chi connectivity index (χ4n) is 3.10. The monoisotopic (exact) mass is 439 g/mol. The molecule has 0 N–H and O–H groups in total. The Morgan fingerprint density at radius 1 is 1.14 bits per heavy atom.